The van der Waals surface area contributed by atoms with Crippen molar-refractivity contribution in [1.29, 1.82) is 0 Å². The fourth-order valence-corrected chi connectivity index (χ4v) is 0.950. The molecular formula is C9H9Cl. The van der Waals surface area contributed by atoms with Crippen LogP contribution >= 0.6 is 11.6 Å². The van der Waals surface area contributed by atoms with Crippen LogP contribution in [0.5, 0.6) is 0 Å². The van der Waals surface area contributed by atoms with Crippen LogP contribution < -0.4 is 0 Å². The highest BCUT2D eigenvalue weighted by Crippen LogP contribution is 2.17. The number of hydrogen-bond acceptors (Lipinski definition) is 0. The van der Waals surface area contributed by atoms with E-state index in [1.54, 1.807) is 0 Å². The number of rotatable bonds is 0. The van der Waals surface area contributed by atoms with E-state index in [2.05, 4.69) is 5.73 Å². The maximum atomic E-state index is 5.87. The standard InChI is InChI=1S/C9H9Cl/c1-7-4-3-5-8(2)9(10)6-7/h3-4,6H,1-2H3. The number of halogens is 1. The first kappa shape index (κ1) is 7.40. The molecule has 0 aromatic carbocycles. The van der Waals surface area contributed by atoms with Gasteiger partial charge in [0.25, 0.3) is 0 Å². The summed E-state index contributed by atoms with van der Waals surface area (Å²) in [5.74, 6) is 0. The average Bonchev–Trinajstić information content (AvgIpc) is 1.96. The van der Waals surface area contributed by atoms with Crippen molar-refractivity contribution in [2.45, 2.75) is 13.8 Å². The van der Waals surface area contributed by atoms with Crippen molar-refractivity contribution in [3.63, 3.8) is 0 Å². The van der Waals surface area contributed by atoms with Gasteiger partial charge in [0, 0.05) is 5.57 Å². The SMILES string of the molecule is CC1=C=CC=C(C)C=C1Cl. The Bertz CT molecular complexity index is 260. The Kier molecular flexibility index (Phi) is 2.16. The number of allylic oxidation sites excluding steroid dienone is 5. The molecule has 1 aliphatic carbocycles. The summed E-state index contributed by atoms with van der Waals surface area (Å²) >= 11 is 5.87. The molecule has 52 valence electrons. The van der Waals surface area contributed by atoms with Crippen LogP contribution in [0.4, 0.5) is 0 Å². The van der Waals surface area contributed by atoms with E-state index in [4.69, 9.17) is 11.6 Å². The van der Waals surface area contributed by atoms with Gasteiger partial charge in [0.15, 0.2) is 0 Å². The van der Waals surface area contributed by atoms with Crippen LogP contribution in [0.2, 0.25) is 0 Å². The molecule has 0 aliphatic heterocycles. The minimum Gasteiger partial charge on any atom is -0.116 e. The van der Waals surface area contributed by atoms with Gasteiger partial charge in [0.05, 0.1) is 5.03 Å². The van der Waals surface area contributed by atoms with E-state index in [0.717, 1.165) is 16.2 Å². The van der Waals surface area contributed by atoms with Gasteiger partial charge >= 0.3 is 0 Å². The third-order valence-electron chi connectivity index (χ3n) is 1.36. The van der Waals surface area contributed by atoms with Crippen LogP contribution in [0.15, 0.2) is 40.1 Å². The summed E-state index contributed by atoms with van der Waals surface area (Å²) in [7, 11) is 0. The van der Waals surface area contributed by atoms with E-state index in [1.807, 2.05) is 32.1 Å². The van der Waals surface area contributed by atoms with Crippen molar-refractivity contribution in [2.75, 3.05) is 0 Å². The Balaban J connectivity index is 3.10. The molecule has 0 bridgehead atoms. The minimum atomic E-state index is 0.780. The molecule has 0 N–H and O–H groups in total. The zero-order valence-corrected chi connectivity index (χ0v) is 6.87. The highest BCUT2D eigenvalue weighted by atomic mass is 35.5. The quantitative estimate of drug-likeness (QED) is 0.468. The van der Waals surface area contributed by atoms with Crippen molar-refractivity contribution >= 4 is 11.6 Å². The second kappa shape index (κ2) is 2.92. The van der Waals surface area contributed by atoms with Gasteiger partial charge in [-0.25, -0.2) is 0 Å². The molecule has 0 aromatic heterocycles. The van der Waals surface area contributed by atoms with Crippen molar-refractivity contribution in [3.8, 4) is 0 Å². The van der Waals surface area contributed by atoms with E-state index in [1.165, 1.54) is 0 Å². The van der Waals surface area contributed by atoms with Crippen molar-refractivity contribution < 1.29 is 0 Å². The first-order chi connectivity index (χ1) is 4.70. The lowest BCUT2D eigenvalue weighted by Gasteiger charge is -1.92. The van der Waals surface area contributed by atoms with E-state index in [-0.39, 0.29) is 0 Å². The van der Waals surface area contributed by atoms with Crippen molar-refractivity contribution in [3.05, 3.63) is 40.1 Å². The second-order valence-corrected chi connectivity index (χ2v) is 2.75. The van der Waals surface area contributed by atoms with Gasteiger partial charge in [-0.05, 0) is 31.6 Å². The van der Waals surface area contributed by atoms with Crippen LogP contribution in [-0.2, 0) is 0 Å². The topological polar surface area (TPSA) is 0 Å². The molecule has 10 heavy (non-hydrogen) atoms. The summed E-state index contributed by atoms with van der Waals surface area (Å²) in [5, 5.41) is 0.780. The Morgan fingerprint density at radius 2 is 2.10 bits per heavy atom. The van der Waals surface area contributed by atoms with Crippen LogP contribution in [0.1, 0.15) is 13.8 Å². The van der Waals surface area contributed by atoms with Crippen LogP contribution in [-0.4, -0.2) is 0 Å². The summed E-state index contributed by atoms with van der Waals surface area (Å²) in [4.78, 5) is 0. The Labute approximate surface area is 66.2 Å². The molecule has 0 aromatic rings. The molecule has 0 fully saturated rings. The van der Waals surface area contributed by atoms with E-state index >= 15 is 0 Å². The Morgan fingerprint density at radius 1 is 1.40 bits per heavy atom. The molecule has 0 atom stereocenters. The van der Waals surface area contributed by atoms with Crippen LogP contribution in [0.25, 0.3) is 0 Å². The molecule has 0 radical (unpaired) electrons. The molecule has 1 heteroatoms. The average molecular weight is 153 g/mol. The summed E-state index contributed by atoms with van der Waals surface area (Å²) in [6.45, 7) is 3.96. The van der Waals surface area contributed by atoms with E-state index < -0.39 is 0 Å². The molecule has 1 aliphatic rings. The van der Waals surface area contributed by atoms with Gasteiger partial charge in [-0.2, -0.15) is 0 Å². The molecule has 0 spiro atoms. The predicted octanol–water partition coefficient (Wildman–Crippen LogP) is 3.17. The molecule has 0 nitrogen and oxygen atoms in total. The van der Waals surface area contributed by atoms with Crippen molar-refractivity contribution in [1.82, 2.24) is 0 Å². The van der Waals surface area contributed by atoms with Crippen LogP contribution in [0, 0.1) is 0 Å². The van der Waals surface area contributed by atoms with Gasteiger partial charge in [-0.3, -0.25) is 0 Å². The molecular weight excluding hydrogens is 144 g/mol. The van der Waals surface area contributed by atoms with Gasteiger partial charge in [-0.1, -0.05) is 17.7 Å². The monoisotopic (exact) mass is 152 g/mol. The van der Waals surface area contributed by atoms with Crippen molar-refractivity contribution in [2.24, 2.45) is 0 Å². The number of hydrogen-bond donors (Lipinski definition) is 0. The third kappa shape index (κ3) is 1.63. The normalized spacial score (nSPS) is 17.3. The summed E-state index contributed by atoms with van der Waals surface area (Å²) in [5.41, 5.74) is 5.20. The van der Waals surface area contributed by atoms with Gasteiger partial charge in [0.2, 0.25) is 0 Å². The molecule has 1 rings (SSSR count). The highest BCUT2D eigenvalue weighted by Gasteiger charge is 1.95. The highest BCUT2D eigenvalue weighted by molar-refractivity contribution is 6.32. The van der Waals surface area contributed by atoms with Gasteiger partial charge < -0.3 is 0 Å². The molecule has 0 saturated carbocycles. The summed E-state index contributed by atoms with van der Waals surface area (Å²) in [6.07, 6.45) is 5.81. The molecule has 0 unspecified atom stereocenters. The Morgan fingerprint density at radius 3 is 2.80 bits per heavy atom. The molecule has 0 saturated heterocycles. The lowest BCUT2D eigenvalue weighted by atomic mass is 10.2. The zero-order chi connectivity index (χ0) is 7.56. The smallest absolute Gasteiger partial charge is 0.0514 e. The summed E-state index contributed by atoms with van der Waals surface area (Å²) in [6, 6.07) is 0. The first-order valence-corrected chi connectivity index (χ1v) is 3.55. The molecule has 0 amide bonds. The first-order valence-electron chi connectivity index (χ1n) is 3.18. The fourth-order valence-electron chi connectivity index (χ4n) is 0.723. The van der Waals surface area contributed by atoms with Gasteiger partial charge in [0.1, 0.15) is 0 Å². The second-order valence-electron chi connectivity index (χ2n) is 2.34. The lowest BCUT2D eigenvalue weighted by molar-refractivity contribution is 1.47. The van der Waals surface area contributed by atoms with E-state index in [0.29, 0.717) is 0 Å². The van der Waals surface area contributed by atoms with E-state index in [9.17, 15) is 0 Å². The Hall–Kier alpha value is -0.710. The fraction of sp³-hybridized carbons (Fsp3) is 0.222. The predicted molar refractivity (Wildman–Crippen MR) is 45.0 cm³/mol. The lowest BCUT2D eigenvalue weighted by Crippen LogP contribution is -1.72. The maximum absolute atomic E-state index is 5.87. The van der Waals surface area contributed by atoms with Crippen LogP contribution in [0.3, 0.4) is 0 Å². The zero-order valence-electron chi connectivity index (χ0n) is 6.11. The minimum absolute atomic E-state index is 0.780. The summed E-state index contributed by atoms with van der Waals surface area (Å²) < 4.78 is 0. The largest absolute Gasteiger partial charge is 0.116 e. The maximum Gasteiger partial charge on any atom is 0.0514 e. The third-order valence-corrected chi connectivity index (χ3v) is 1.75. The van der Waals surface area contributed by atoms with Gasteiger partial charge in [-0.15, -0.1) is 5.73 Å². The molecule has 0 heterocycles.